The lowest BCUT2D eigenvalue weighted by molar-refractivity contribution is -0.181. The Kier molecular flexibility index (Phi) is 5.64. The van der Waals surface area contributed by atoms with E-state index in [1.807, 2.05) is 9.80 Å². The van der Waals surface area contributed by atoms with Crippen molar-refractivity contribution in [2.45, 2.75) is 57.3 Å². The monoisotopic (exact) mass is 387 g/mol. The summed E-state index contributed by atoms with van der Waals surface area (Å²) in [5.74, 6) is -0.624. The molecule has 0 aliphatic carbocycles. The van der Waals surface area contributed by atoms with Crippen LogP contribution in [-0.2, 0) is 9.47 Å². The maximum absolute atomic E-state index is 13.0. The topological polar surface area (TPSA) is 72.0 Å². The number of hydrogen-bond donors (Lipinski definition) is 0. The number of likely N-dealkylation sites (tertiary alicyclic amines) is 2. The van der Waals surface area contributed by atoms with Crippen molar-refractivity contribution in [2.75, 3.05) is 32.8 Å². The van der Waals surface area contributed by atoms with E-state index >= 15 is 0 Å². The predicted octanol–water partition coefficient (Wildman–Crippen LogP) is 2.47. The van der Waals surface area contributed by atoms with Crippen molar-refractivity contribution in [1.82, 2.24) is 14.8 Å². The number of carbonyl (C=O) groups is 2. The van der Waals surface area contributed by atoms with Crippen LogP contribution >= 0.6 is 0 Å². The third-order valence-electron chi connectivity index (χ3n) is 6.21. The predicted molar refractivity (Wildman–Crippen MR) is 103 cm³/mol. The van der Waals surface area contributed by atoms with Crippen molar-refractivity contribution < 1.29 is 19.1 Å². The van der Waals surface area contributed by atoms with Crippen LogP contribution < -0.4 is 0 Å². The van der Waals surface area contributed by atoms with Gasteiger partial charge in [0.05, 0.1) is 13.2 Å². The van der Waals surface area contributed by atoms with Crippen molar-refractivity contribution in [2.24, 2.45) is 0 Å². The second kappa shape index (κ2) is 8.17. The molecule has 7 nitrogen and oxygen atoms in total. The second-order valence-corrected chi connectivity index (χ2v) is 7.89. The highest BCUT2D eigenvalue weighted by Gasteiger charge is 2.41. The van der Waals surface area contributed by atoms with E-state index in [1.54, 1.807) is 18.3 Å². The van der Waals surface area contributed by atoms with Crippen molar-refractivity contribution in [3.05, 3.63) is 29.6 Å². The molecule has 1 spiro atoms. The van der Waals surface area contributed by atoms with Crippen molar-refractivity contribution >= 4 is 11.8 Å². The summed E-state index contributed by atoms with van der Waals surface area (Å²) >= 11 is 0. The lowest BCUT2D eigenvalue weighted by Crippen LogP contribution is -2.47. The van der Waals surface area contributed by atoms with Gasteiger partial charge in [-0.25, -0.2) is 0 Å². The molecule has 4 heterocycles. The van der Waals surface area contributed by atoms with Crippen LogP contribution in [0.25, 0.3) is 0 Å². The summed E-state index contributed by atoms with van der Waals surface area (Å²) < 4.78 is 11.5. The van der Waals surface area contributed by atoms with Crippen LogP contribution in [0, 0.1) is 0 Å². The van der Waals surface area contributed by atoms with Gasteiger partial charge in [-0.1, -0.05) is 6.92 Å². The molecule has 28 heavy (non-hydrogen) atoms. The molecule has 3 aliphatic rings. The molecule has 0 saturated carbocycles. The van der Waals surface area contributed by atoms with Gasteiger partial charge in [-0.3, -0.25) is 14.6 Å². The van der Waals surface area contributed by atoms with Gasteiger partial charge in [0, 0.05) is 50.3 Å². The molecule has 0 aromatic carbocycles. The lowest BCUT2D eigenvalue weighted by Gasteiger charge is -2.37. The van der Waals surface area contributed by atoms with Gasteiger partial charge in [-0.15, -0.1) is 0 Å². The van der Waals surface area contributed by atoms with Gasteiger partial charge in [-0.05, 0) is 37.8 Å². The van der Waals surface area contributed by atoms with Gasteiger partial charge in [0.2, 0.25) is 0 Å². The minimum atomic E-state index is -0.500. The van der Waals surface area contributed by atoms with Gasteiger partial charge in [0.15, 0.2) is 5.79 Å². The maximum atomic E-state index is 13.0. The normalized spacial score (nSPS) is 24.5. The molecule has 0 N–H and O–H groups in total. The van der Waals surface area contributed by atoms with Crippen molar-refractivity contribution in [1.29, 1.82) is 0 Å². The molecule has 4 rings (SSSR count). The molecule has 7 heteroatoms. The molecular weight excluding hydrogens is 358 g/mol. The first-order valence-corrected chi connectivity index (χ1v) is 10.5. The SMILES string of the molecule is CCC1CCCCN1C(=O)c1cc(C(=O)N2CCC3(CC2)OCCO3)ccn1. The first-order chi connectivity index (χ1) is 13.6. The highest BCUT2D eigenvalue weighted by Crippen LogP contribution is 2.31. The molecule has 0 bridgehead atoms. The molecule has 1 aromatic rings. The Labute approximate surface area is 166 Å². The van der Waals surface area contributed by atoms with E-state index < -0.39 is 5.79 Å². The van der Waals surface area contributed by atoms with E-state index in [1.165, 1.54) is 0 Å². The highest BCUT2D eigenvalue weighted by atomic mass is 16.7. The highest BCUT2D eigenvalue weighted by molar-refractivity contribution is 5.98. The number of ether oxygens (including phenoxy) is 2. The molecule has 0 radical (unpaired) electrons. The Morgan fingerprint density at radius 2 is 1.89 bits per heavy atom. The van der Waals surface area contributed by atoms with E-state index in [2.05, 4.69) is 11.9 Å². The number of piperidine rings is 2. The van der Waals surface area contributed by atoms with E-state index in [9.17, 15) is 9.59 Å². The Hall–Kier alpha value is -1.99. The van der Waals surface area contributed by atoms with Crippen LogP contribution in [0.15, 0.2) is 18.3 Å². The molecule has 2 amide bonds. The number of rotatable bonds is 3. The number of aromatic nitrogens is 1. The summed E-state index contributed by atoms with van der Waals surface area (Å²) in [6.45, 7) is 5.32. The van der Waals surface area contributed by atoms with Crippen LogP contribution in [-0.4, -0.2) is 71.3 Å². The fourth-order valence-electron chi connectivity index (χ4n) is 4.54. The smallest absolute Gasteiger partial charge is 0.272 e. The number of hydrogen-bond acceptors (Lipinski definition) is 5. The number of amides is 2. The maximum Gasteiger partial charge on any atom is 0.272 e. The second-order valence-electron chi connectivity index (χ2n) is 7.89. The fraction of sp³-hybridized carbons (Fsp3) is 0.667. The standard InChI is InChI=1S/C21H29N3O4/c1-2-17-5-3-4-10-24(17)20(26)18-15-16(6-9-22-18)19(25)23-11-7-21(8-12-23)27-13-14-28-21/h6,9,15,17H,2-5,7-8,10-14H2,1H3. The summed E-state index contributed by atoms with van der Waals surface area (Å²) in [6, 6.07) is 3.62. The zero-order chi connectivity index (χ0) is 19.6. The molecule has 3 aliphatic heterocycles. The van der Waals surface area contributed by atoms with Gasteiger partial charge < -0.3 is 19.3 Å². The summed E-state index contributed by atoms with van der Waals surface area (Å²) in [5, 5.41) is 0. The van der Waals surface area contributed by atoms with Crippen LogP contribution in [0.5, 0.6) is 0 Å². The molecule has 3 fully saturated rings. The minimum absolute atomic E-state index is 0.0602. The van der Waals surface area contributed by atoms with Gasteiger partial charge in [0.1, 0.15) is 5.69 Å². The third kappa shape index (κ3) is 3.78. The Bertz CT molecular complexity index is 722. The average molecular weight is 387 g/mol. The van der Waals surface area contributed by atoms with Crippen LogP contribution in [0.3, 0.4) is 0 Å². The molecule has 1 atom stereocenters. The van der Waals surface area contributed by atoms with Crippen LogP contribution in [0.2, 0.25) is 0 Å². The summed E-state index contributed by atoms with van der Waals surface area (Å²) in [6.07, 6.45) is 7.12. The van der Waals surface area contributed by atoms with E-state index in [-0.39, 0.29) is 17.9 Å². The van der Waals surface area contributed by atoms with Crippen LogP contribution in [0.4, 0.5) is 0 Å². The van der Waals surface area contributed by atoms with Crippen LogP contribution in [0.1, 0.15) is 66.3 Å². The van der Waals surface area contributed by atoms with E-state index in [0.717, 1.165) is 32.2 Å². The average Bonchev–Trinajstić information content (AvgIpc) is 3.21. The first-order valence-electron chi connectivity index (χ1n) is 10.5. The van der Waals surface area contributed by atoms with E-state index in [0.29, 0.717) is 50.4 Å². The summed E-state index contributed by atoms with van der Waals surface area (Å²) in [5.41, 5.74) is 0.884. The third-order valence-corrected chi connectivity index (χ3v) is 6.21. The zero-order valence-corrected chi connectivity index (χ0v) is 16.6. The largest absolute Gasteiger partial charge is 0.347 e. The Balaban J connectivity index is 1.44. The Morgan fingerprint density at radius 1 is 1.14 bits per heavy atom. The lowest BCUT2D eigenvalue weighted by atomic mass is 9.99. The minimum Gasteiger partial charge on any atom is -0.347 e. The summed E-state index contributed by atoms with van der Waals surface area (Å²) in [7, 11) is 0. The summed E-state index contributed by atoms with van der Waals surface area (Å²) in [4.78, 5) is 34.0. The molecule has 152 valence electrons. The van der Waals surface area contributed by atoms with Crippen molar-refractivity contribution in [3.63, 3.8) is 0 Å². The number of nitrogens with zero attached hydrogens (tertiary/aromatic N) is 3. The first kappa shape index (κ1) is 19.3. The van der Waals surface area contributed by atoms with Crippen molar-refractivity contribution in [3.8, 4) is 0 Å². The van der Waals surface area contributed by atoms with Gasteiger partial charge in [-0.2, -0.15) is 0 Å². The number of carbonyl (C=O) groups excluding carboxylic acids is 2. The molecular formula is C21H29N3O4. The number of pyridine rings is 1. The van der Waals surface area contributed by atoms with E-state index in [4.69, 9.17) is 9.47 Å². The Morgan fingerprint density at radius 3 is 2.61 bits per heavy atom. The van der Waals surface area contributed by atoms with Gasteiger partial charge >= 0.3 is 0 Å². The molecule has 1 aromatic heterocycles. The fourth-order valence-corrected chi connectivity index (χ4v) is 4.54. The quantitative estimate of drug-likeness (QED) is 0.797. The molecule has 1 unspecified atom stereocenters. The zero-order valence-electron chi connectivity index (χ0n) is 16.6. The van der Waals surface area contributed by atoms with Gasteiger partial charge in [0.25, 0.3) is 11.8 Å². The molecule has 3 saturated heterocycles.